The molecule has 0 aliphatic carbocycles. The first-order chi connectivity index (χ1) is 9.76. The van der Waals surface area contributed by atoms with E-state index in [2.05, 4.69) is 15.3 Å². The van der Waals surface area contributed by atoms with Gasteiger partial charge in [-0.2, -0.15) is 0 Å². The van der Waals surface area contributed by atoms with Crippen LogP contribution in [-0.4, -0.2) is 50.0 Å². The highest BCUT2D eigenvalue weighted by Gasteiger charge is 2.23. The number of carbonyl (C=O) groups excluding carboxylic acids is 1. The third kappa shape index (κ3) is 3.50. The van der Waals surface area contributed by atoms with Gasteiger partial charge in [-0.15, -0.1) is 0 Å². The summed E-state index contributed by atoms with van der Waals surface area (Å²) in [6.45, 7) is 2.84. The van der Waals surface area contributed by atoms with E-state index in [9.17, 15) is 4.79 Å². The van der Waals surface area contributed by atoms with Gasteiger partial charge in [0.15, 0.2) is 5.69 Å². The molecule has 0 bridgehead atoms. The molecule has 1 aliphatic heterocycles. The lowest BCUT2D eigenvalue weighted by Crippen LogP contribution is -2.14. The second-order valence-electron chi connectivity index (χ2n) is 4.36. The van der Waals surface area contributed by atoms with Crippen molar-refractivity contribution in [1.29, 1.82) is 0 Å². The number of nitrogens with zero attached hydrogens (tertiary/aromatic N) is 2. The van der Waals surface area contributed by atoms with E-state index in [1.165, 1.54) is 7.11 Å². The standard InChI is InChI=1S/C13H19N3O4/c1-18-5-6-20-4-3-11-15-10-8-14-7-9(10)12(16-11)13(17)19-2/h14H,3-8H2,1-2H3. The van der Waals surface area contributed by atoms with Crippen LogP contribution < -0.4 is 5.32 Å². The summed E-state index contributed by atoms with van der Waals surface area (Å²) in [7, 11) is 2.98. The van der Waals surface area contributed by atoms with Gasteiger partial charge in [-0.1, -0.05) is 0 Å². The molecular weight excluding hydrogens is 262 g/mol. The SMILES string of the molecule is COCCOCCc1nc2c(c(C(=O)OC)n1)CNC2. The molecule has 0 fully saturated rings. The van der Waals surface area contributed by atoms with Gasteiger partial charge in [-0.3, -0.25) is 0 Å². The number of methoxy groups -OCH3 is 2. The Hall–Kier alpha value is -1.57. The average molecular weight is 281 g/mol. The third-order valence-corrected chi connectivity index (χ3v) is 3.01. The third-order valence-electron chi connectivity index (χ3n) is 3.01. The van der Waals surface area contributed by atoms with Gasteiger partial charge in [0.05, 0.1) is 32.6 Å². The first-order valence-corrected chi connectivity index (χ1v) is 6.50. The highest BCUT2D eigenvalue weighted by molar-refractivity contribution is 5.89. The van der Waals surface area contributed by atoms with Crippen molar-refractivity contribution in [1.82, 2.24) is 15.3 Å². The molecule has 0 aromatic carbocycles. The maximum absolute atomic E-state index is 11.8. The van der Waals surface area contributed by atoms with Crippen molar-refractivity contribution < 1.29 is 19.0 Å². The van der Waals surface area contributed by atoms with Crippen LogP contribution in [0.5, 0.6) is 0 Å². The molecule has 110 valence electrons. The van der Waals surface area contributed by atoms with Crippen molar-refractivity contribution in [2.75, 3.05) is 34.0 Å². The van der Waals surface area contributed by atoms with E-state index in [1.807, 2.05) is 0 Å². The summed E-state index contributed by atoms with van der Waals surface area (Å²) in [5.41, 5.74) is 2.06. The number of carbonyl (C=O) groups is 1. The minimum Gasteiger partial charge on any atom is -0.464 e. The van der Waals surface area contributed by atoms with Gasteiger partial charge in [0.25, 0.3) is 0 Å². The molecule has 20 heavy (non-hydrogen) atoms. The molecule has 0 amide bonds. The van der Waals surface area contributed by atoms with Crippen molar-refractivity contribution in [2.45, 2.75) is 19.5 Å². The van der Waals surface area contributed by atoms with Crippen molar-refractivity contribution in [2.24, 2.45) is 0 Å². The first kappa shape index (κ1) is 14.8. The van der Waals surface area contributed by atoms with E-state index >= 15 is 0 Å². The van der Waals surface area contributed by atoms with Gasteiger partial charge in [-0.25, -0.2) is 14.8 Å². The maximum atomic E-state index is 11.8. The summed E-state index contributed by atoms with van der Waals surface area (Å²) in [5.74, 6) is 0.180. The average Bonchev–Trinajstić information content (AvgIpc) is 2.93. The molecule has 2 heterocycles. The van der Waals surface area contributed by atoms with Crippen LogP contribution in [0.2, 0.25) is 0 Å². The van der Waals surface area contributed by atoms with Crippen molar-refractivity contribution >= 4 is 5.97 Å². The highest BCUT2D eigenvalue weighted by Crippen LogP contribution is 2.18. The number of hydrogen-bond donors (Lipinski definition) is 1. The molecule has 0 radical (unpaired) electrons. The predicted octanol–water partition coefficient (Wildman–Crippen LogP) is 0.0719. The number of ether oxygens (including phenoxy) is 3. The molecule has 1 N–H and O–H groups in total. The van der Waals surface area contributed by atoms with E-state index in [0.717, 1.165) is 11.3 Å². The summed E-state index contributed by atoms with van der Waals surface area (Å²) >= 11 is 0. The fourth-order valence-corrected chi connectivity index (χ4v) is 2.00. The van der Waals surface area contributed by atoms with E-state index in [4.69, 9.17) is 14.2 Å². The van der Waals surface area contributed by atoms with E-state index in [1.54, 1.807) is 7.11 Å². The van der Waals surface area contributed by atoms with Crippen LogP contribution in [-0.2, 0) is 33.7 Å². The molecule has 0 spiro atoms. The van der Waals surface area contributed by atoms with Crippen LogP contribution in [0.15, 0.2) is 0 Å². The van der Waals surface area contributed by atoms with Gasteiger partial charge < -0.3 is 19.5 Å². The molecule has 0 saturated carbocycles. The minimum atomic E-state index is -0.422. The predicted molar refractivity (Wildman–Crippen MR) is 70.3 cm³/mol. The Bertz CT molecular complexity index is 479. The largest absolute Gasteiger partial charge is 0.464 e. The van der Waals surface area contributed by atoms with Crippen molar-refractivity contribution in [3.8, 4) is 0 Å². The Kier molecular flexibility index (Phi) is 5.40. The molecule has 1 aromatic heterocycles. The molecule has 1 aromatic rings. The van der Waals surface area contributed by atoms with Gasteiger partial charge in [0.1, 0.15) is 5.82 Å². The lowest BCUT2D eigenvalue weighted by molar-refractivity contribution is 0.0590. The highest BCUT2D eigenvalue weighted by atomic mass is 16.5. The fraction of sp³-hybridized carbons (Fsp3) is 0.615. The normalized spacial score (nSPS) is 13.3. The summed E-state index contributed by atoms with van der Waals surface area (Å²) in [4.78, 5) is 20.5. The fourth-order valence-electron chi connectivity index (χ4n) is 2.00. The molecule has 0 saturated heterocycles. The summed E-state index contributed by atoms with van der Waals surface area (Å²) in [6, 6.07) is 0. The Balaban J connectivity index is 2.04. The number of esters is 1. The van der Waals surface area contributed by atoms with Gasteiger partial charge in [0.2, 0.25) is 0 Å². The monoisotopic (exact) mass is 281 g/mol. The summed E-state index contributed by atoms with van der Waals surface area (Å²) in [6.07, 6.45) is 0.557. The number of hydrogen-bond acceptors (Lipinski definition) is 7. The molecule has 7 nitrogen and oxygen atoms in total. The van der Waals surface area contributed by atoms with Crippen LogP contribution >= 0.6 is 0 Å². The number of rotatable bonds is 7. The second-order valence-corrected chi connectivity index (χ2v) is 4.36. The van der Waals surface area contributed by atoms with E-state index in [0.29, 0.717) is 50.8 Å². The lowest BCUT2D eigenvalue weighted by atomic mass is 10.2. The Morgan fingerprint density at radius 2 is 2.05 bits per heavy atom. The molecule has 2 rings (SSSR count). The first-order valence-electron chi connectivity index (χ1n) is 6.50. The van der Waals surface area contributed by atoms with Crippen LogP contribution in [0.1, 0.15) is 27.6 Å². The number of nitrogens with one attached hydrogen (secondary N) is 1. The van der Waals surface area contributed by atoms with Crippen LogP contribution in [0.3, 0.4) is 0 Å². The topological polar surface area (TPSA) is 82.6 Å². The Morgan fingerprint density at radius 3 is 2.80 bits per heavy atom. The molecular formula is C13H19N3O4. The summed E-state index contributed by atoms with van der Waals surface area (Å²) < 4.78 is 15.1. The van der Waals surface area contributed by atoms with Crippen LogP contribution in [0.4, 0.5) is 0 Å². The smallest absolute Gasteiger partial charge is 0.357 e. The second kappa shape index (κ2) is 7.28. The van der Waals surface area contributed by atoms with Crippen molar-refractivity contribution in [3.05, 3.63) is 22.8 Å². The van der Waals surface area contributed by atoms with E-state index in [-0.39, 0.29) is 0 Å². The van der Waals surface area contributed by atoms with E-state index < -0.39 is 5.97 Å². The number of fused-ring (bicyclic) bond motifs is 1. The van der Waals surface area contributed by atoms with Gasteiger partial charge in [0, 0.05) is 32.2 Å². The van der Waals surface area contributed by atoms with Crippen LogP contribution in [0, 0.1) is 0 Å². The van der Waals surface area contributed by atoms with Gasteiger partial charge >= 0.3 is 5.97 Å². The molecule has 0 atom stereocenters. The molecule has 0 unspecified atom stereocenters. The zero-order valence-corrected chi connectivity index (χ0v) is 11.8. The molecule has 1 aliphatic rings. The minimum absolute atomic E-state index is 0.356. The zero-order chi connectivity index (χ0) is 14.4. The number of aromatic nitrogens is 2. The van der Waals surface area contributed by atoms with Crippen LogP contribution in [0.25, 0.3) is 0 Å². The lowest BCUT2D eigenvalue weighted by Gasteiger charge is -2.08. The van der Waals surface area contributed by atoms with Gasteiger partial charge in [-0.05, 0) is 0 Å². The van der Waals surface area contributed by atoms with Crippen molar-refractivity contribution in [3.63, 3.8) is 0 Å². The maximum Gasteiger partial charge on any atom is 0.357 e. The Morgan fingerprint density at radius 1 is 1.20 bits per heavy atom. The summed E-state index contributed by atoms with van der Waals surface area (Å²) in [5, 5.41) is 3.16. The zero-order valence-electron chi connectivity index (χ0n) is 11.8. The molecule has 7 heteroatoms. The quantitative estimate of drug-likeness (QED) is 0.559. The Labute approximate surface area is 117 Å².